The van der Waals surface area contributed by atoms with E-state index < -0.39 is 17.7 Å². The van der Waals surface area contributed by atoms with E-state index in [2.05, 4.69) is 12.3 Å². The van der Waals surface area contributed by atoms with Crippen molar-refractivity contribution in [2.24, 2.45) is 17.7 Å². The highest BCUT2D eigenvalue weighted by molar-refractivity contribution is 5.29. The lowest BCUT2D eigenvalue weighted by Gasteiger charge is -2.33. The molecular weight excluding hydrogens is 246 g/mol. The van der Waals surface area contributed by atoms with Crippen LogP contribution in [-0.4, -0.2) is 0 Å². The normalized spacial score (nSPS) is 25.3. The van der Waals surface area contributed by atoms with Gasteiger partial charge in [-0.3, -0.25) is 11.3 Å². The highest BCUT2D eigenvalue weighted by atomic mass is 19.1. The minimum atomic E-state index is -0.510. The number of hydrazine groups is 1. The maximum absolute atomic E-state index is 14.2. The Morgan fingerprint density at radius 1 is 1.32 bits per heavy atom. The zero-order valence-corrected chi connectivity index (χ0v) is 11.5. The van der Waals surface area contributed by atoms with E-state index in [9.17, 15) is 8.78 Å². The van der Waals surface area contributed by atoms with E-state index in [-0.39, 0.29) is 11.5 Å². The molecule has 0 amide bonds. The van der Waals surface area contributed by atoms with Crippen molar-refractivity contribution in [1.82, 2.24) is 5.43 Å². The molecule has 1 aromatic carbocycles. The molecule has 0 spiro atoms. The van der Waals surface area contributed by atoms with E-state index in [4.69, 9.17) is 5.84 Å². The standard InChI is InChI=1S/C15H22F2N2/c1-9-4-3-5-11(8-9)15(19-18)13-12(16)7-6-10(2)14(13)17/h6-7,9,11,15,19H,3-5,8,18H2,1-2H3. The number of hydrogen-bond acceptors (Lipinski definition) is 2. The third kappa shape index (κ3) is 2.95. The van der Waals surface area contributed by atoms with Crippen LogP contribution in [-0.2, 0) is 0 Å². The fourth-order valence-corrected chi connectivity index (χ4v) is 3.20. The molecule has 2 rings (SSSR count). The Morgan fingerprint density at radius 2 is 2.05 bits per heavy atom. The number of rotatable bonds is 3. The van der Waals surface area contributed by atoms with Gasteiger partial charge in [0, 0.05) is 5.56 Å². The summed E-state index contributed by atoms with van der Waals surface area (Å²) in [7, 11) is 0. The Bertz CT molecular complexity index is 448. The molecule has 0 heterocycles. The first-order chi connectivity index (χ1) is 9.04. The summed E-state index contributed by atoms with van der Waals surface area (Å²) in [5.74, 6) is 5.39. The maximum Gasteiger partial charge on any atom is 0.133 e. The van der Waals surface area contributed by atoms with Gasteiger partial charge in [-0.15, -0.1) is 0 Å². The van der Waals surface area contributed by atoms with E-state index in [0.29, 0.717) is 11.5 Å². The lowest BCUT2D eigenvalue weighted by atomic mass is 9.76. The first-order valence-electron chi connectivity index (χ1n) is 6.95. The summed E-state index contributed by atoms with van der Waals surface area (Å²) in [5, 5.41) is 0. The Morgan fingerprint density at radius 3 is 2.68 bits per heavy atom. The van der Waals surface area contributed by atoms with E-state index >= 15 is 0 Å². The van der Waals surface area contributed by atoms with Crippen LogP contribution in [0.25, 0.3) is 0 Å². The Labute approximate surface area is 113 Å². The number of aryl methyl sites for hydroxylation is 1. The predicted molar refractivity (Wildman–Crippen MR) is 72.3 cm³/mol. The summed E-state index contributed by atoms with van der Waals surface area (Å²) >= 11 is 0. The molecule has 0 bridgehead atoms. The van der Waals surface area contributed by atoms with Gasteiger partial charge >= 0.3 is 0 Å². The molecule has 4 heteroatoms. The van der Waals surface area contributed by atoms with Crippen LogP contribution < -0.4 is 11.3 Å². The lowest BCUT2D eigenvalue weighted by Crippen LogP contribution is -2.37. The van der Waals surface area contributed by atoms with Crippen molar-refractivity contribution in [1.29, 1.82) is 0 Å². The summed E-state index contributed by atoms with van der Waals surface area (Å²) < 4.78 is 28.2. The Hall–Kier alpha value is -1.00. The zero-order valence-electron chi connectivity index (χ0n) is 11.5. The molecule has 1 aromatic rings. The van der Waals surface area contributed by atoms with Gasteiger partial charge in [0.15, 0.2) is 0 Å². The molecule has 0 saturated heterocycles. The molecule has 1 aliphatic carbocycles. The summed E-state index contributed by atoms with van der Waals surface area (Å²) in [6.45, 7) is 3.83. The van der Waals surface area contributed by atoms with Crippen LogP contribution in [0.2, 0.25) is 0 Å². The van der Waals surface area contributed by atoms with Crippen LogP contribution in [0.3, 0.4) is 0 Å². The van der Waals surface area contributed by atoms with Crippen molar-refractivity contribution in [2.75, 3.05) is 0 Å². The highest BCUT2D eigenvalue weighted by Gasteiger charge is 2.31. The van der Waals surface area contributed by atoms with Crippen LogP contribution in [0.1, 0.15) is 49.8 Å². The summed E-state index contributed by atoms with van der Waals surface area (Å²) in [4.78, 5) is 0. The fraction of sp³-hybridized carbons (Fsp3) is 0.600. The third-order valence-corrected chi connectivity index (χ3v) is 4.26. The van der Waals surface area contributed by atoms with E-state index in [1.807, 2.05) is 0 Å². The van der Waals surface area contributed by atoms with Gasteiger partial charge in [-0.25, -0.2) is 8.78 Å². The van der Waals surface area contributed by atoms with Crippen molar-refractivity contribution >= 4 is 0 Å². The number of hydrogen-bond donors (Lipinski definition) is 2. The highest BCUT2D eigenvalue weighted by Crippen LogP contribution is 2.38. The van der Waals surface area contributed by atoms with Crippen LogP contribution >= 0.6 is 0 Å². The lowest BCUT2D eigenvalue weighted by molar-refractivity contribution is 0.218. The molecule has 0 aliphatic heterocycles. The van der Waals surface area contributed by atoms with E-state index in [1.165, 1.54) is 18.6 Å². The number of nitrogens with two attached hydrogens (primary N) is 1. The van der Waals surface area contributed by atoms with Gasteiger partial charge in [-0.2, -0.15) is 0 Å². The second-order valence-corrected chi connectivity index (χ2v) is 5.77. The second-order valence-electron chi connectivity index (χ2n) is 5.77. The van der Waals surface area contributed by atoms with Crippen LogP contribution in [0.15, 0.2) is 12.1 Å². The van der Waals surface area contributed by atoms with E-state index in [1.54, 1.807) is 6.92 Å². The Balaban J connectivity index is 2.34. The number of nitrogens with one attached hydrogen (secondary N) is 1. The molecular formula is C15H22F2N2. The average Bonchev–Trinajstić information content (AvgIpc) is 2.39. The quantitative estimate of drug-likeness (QED) is 0.649. The molecule has 3 unspecified atom stereocenters. The van der Waals surface area contributed by atoms with Crippen LogP contribution in [0.4, 0.5) is 8.78 Å². The van der Waals surface area contributed by atoms with Gasteiger partial charge in [0.25, 0.3) is 0 Å². The van der Waals surface area contributed by atoms with Crippen LogP contribution in [0, 0.1) is 30.4 Å². The first kappa shape index (κ1) is 14.4. The van der Waals surface area contributed by atoms with Crippen LogP contribution in [0.5, 0.6) is 0 Å². The molecule has 3 N–H and O–H groups in total. The number of halogens is 2. The van der Waals surface area contributed by atoms with E-state index in [0.717, 1.165) is 19.3 Å². The molecule has 19 heavy (non-hydrogen) atoms. The van der Waals surface area contributed by atoms with Crippen molar-refractivity contribution in [3.8, 4) is 0 Å². The molecule has 0 radical (unpaired) electrons. The van der Waals surface area contributed by atoms with Gasteiger partial charge in [0.1, 0.15) is 11.6 Å². The largest absolute Gasteiger partial charge is 0.271 e. The first-order valence-corrected chi connectivity index (χ1v) is 6.95. The Kier molecular flexibility index (Phi) is 4.53. The van der Waals surface area contributed by atoms with Crippen molar-refractivity contribution in [3.63, 3.8) is 0 Å². The molecule has 2 nitrogen and oxygen atoms in total. The van der Waals surface area contributed by atoms with Gasteiger partial charge < -0.3 is 0 Å². The van der Waals surface area contributed by atoms with Crippen molar-refractivity contribution in [3.05, 3.63) is 34.9 Å². The molecule has 1 fully saturated rings. The summed E-state index contributed by atoms with van der Waals surface area (Å²) in [5.41, 5.74) is 3.20. The van der Waals surface area contributed by atoms with Gasteiger partial charge in [0.05, 0.1) is 6.04 Å². The zero-order chi connectivity index (χ0) is 14.0. The molecule has 3 atom stereocenters. The smallest absolute Gasteiger partial charge is 0.133 e. The maximum atomic E-state index is 14.2. The average molecular weight is 268 g/mol. The van der Waals surface area contributed by atoms with Crippen molar-refractivity contribution in [2.45, 2.75) is 45.6 Å². The third-order valence-electron chi connectivity index (χ3n) is 4.26. The summed E-state index contributed by atoms with van der Waals surface area (Å²) in [6, 6.07) is 2.35. The minimum absolute atomic E-state index is 0.0987. The second kappa shape index (κ2) is 5.97. The molecule has 1 aliphatic rings. The fourth-order valence-electron chi connectivity index (χ4n) is 3.20. The molecule has 0 aromatic heterocycles. The topological polar surface area (TPSA) is 38.0 Å². The van der Waals surface area contributed by atoms with Gasteiger partial charge in [-0.1, -0.05) is 25.8 Å². The predicted octanol–water partition coefficient (Wildman–Crippen LogP) is 3.60. The SMILES string of the molecule is Cc1ccc(F)c(C(NN)C2CCCC(C)C2)c1F. The van der Waals surface area contributed by atoms with Gasteiger partial charge in [-0.05, 0) is 43.2 Å². The minimum Gasteiger partial charge on any atom is -0.271 e. The van der Waals surface area contributed by atoms with Crippen molar-refractivity contribution < 1.29 is 8.78 Å². The van der Waals surface area contributed by atoms with Gasteiger partial charge in [0.2, 0.25) is 0 Å². The number of benzene rings is 1. The monoisotopic (exact) mass is 268 g/mol. The molecule has 106 valence electrons. The molecule has 1 saturated carbocycles. The summed E-state index contributed by atoms with van der Waals surface area (Å²) in [6.07, 6.45) is 4.21.